The summed E-state index contributed by atoms with van der Waals surface area (Å²) in [5, 5.41) is 0. The fourth-order valence-corrected chi connectivity index (χ4v) is 10.1. The van der Waals surface area contributed by atoms with E-state index in [1.54, 1.807) is 0 Å². The molecule has 40 heavy (non-hydrogen) atoms. The van der Waals surface area contributed by atoms with Crippen LogP contribution in [0.5, 0.6) is 0 Å². The minimum atomic E-state index is -0.832. The van der Waals surface area contributed by atoms with Gasteiger partial charge in [0.05, 0.1) is 0 Å². The third-order valence-electron chi connectivity index (χ3n) is 12.4. The van der Waals surface area contributed by atoms with Crippen molar-refractivity contribution < 1.29 is 48.3 Å². The molecule has 10 heteroatoms. The van der Waals surface area contributed by atoms with E-state index in [0.717, 1.165) is 51.4 Å². The van der Waals surface area contributed by atoms with Gasteiger partial charge in [0.25, 0.3) is 0 Å². The van der Waals surface area contributed by atoms with Crippen molar-refractivity contribution in [1.29, 1.82) is 0 Å². The second-order valence-corrected chi connectivity index (χ2v) is 14.7. The number of rotatable bonds is 3. The van der Waals surface area contributed by atoms with E-state index in [9.17, 15) is 0 Å². The van der Waals surface area contributed by atoms with Gasteiger partial charge < -0.3 is 18.9 Å². The van der Waals surface area contributed by atoms with E-state index in [0.29, 0.717) is 23.7 Å². The molecule has 16 atom stereocenters. The van der Waals surface area contributed by atoms with Crippen LogP contribution in [0.3, 0.4) is 0 Å². The Labute approximate surface area is 236 Å². The summed E-state index contributed by atoms with van der Waals surface area (Å²) in [6.45, 7) is 12.8. The Hall–Kier alpha value is -0.400. The Kier molecular flexibility index (Phi) is 6.16. The SMILES string of the molecule is C[C@H]1[C@@H](OO[C@H]2O[C@@H]3O[C@@]4(C)CC[C@H]5[C@H](C)CC[C@@H]([C@H]2C)[C@@]35OO4)O[C@@H]2O[C@@]3(C)CC[C@H]4[C@H](C)CC[C@@H]1[C@@]24OO3. The molecule has 2 saturated carbocycles. The second kappa shape index (κ2) is 9.06. The maximum Gasteiger partial charge on any atom is 0.201 e. The van der Waals surface area contributed by atoms with Crippen LogP contribution in [-0.2, 0) is 48.3 Å². The van der Waals surface area contributed by atoms with Gasteiger partial charge >= 0.3 is 0 Å². The van der Waals surface area contributed by atoms with Gasteiger partial charge in [0.1, 0.15) is 0 Å². The molecule has 0 aromatic rings. The van der Waals surface area contributed by atoms with Gasteiger partial charge in [0.2, 0.25) is 11.6 Å². The first-order valence-electron chi connectivity index (χ1n) is 15.8. The van der Waals surface area contributed by atoms with Gasteiger partial charge in [0, 0.05) is 36.5 Å². The molecule has 2 spiro atoms. The van der Waals surface area contributed by atoms with Gasteiger partial charge in [-0.3, -0.25) is 0 Å². The Bertz CT molecular complexity index is 935. The van der Waals surface area contributed by atoms with Crippen LogP contribution in [0.4, 0.5) is 0 Å². The Morgan fingerprint density at radius 2 is 0.950 bits per heavy atom. The van der Waals surface area contributed by atoms with E-state index in [1.165, 1.54) is 0 Å². The van der Waals surface area contributed by atoms with Gasteiger partial charge in [-0.2, -0.15) is 0 Å². The van der Waals surface area contributed by atoms with Gasteiger partial charge in [-0.05, 0) is 76.0 Å². The first-order chi connectivity index (χ1) is 19.1. The van der Waals surface area contributed by atoms with E-state index in [1.807, 2.05) is 13.8 Å². The largest absolute Gasteiger partial charge is 0.317 e. The zero-order chi connectivity index (χ0) is 27.7. The van der Waals surface area contributed by atoms with E-state index in [2.05, 4.69) is 27.7 Å². The van der Waals surface area contributed by atoms with Crippen LogP contribution >= 0.6 is 0 Å². The maximum atomic E-state index is 6.56. The maximum absolute atomic E-state index is 6.56. The Balaban J connectivity index is 1.03. The lowest BCUT2D eigenvalue weighted by Crippen LogP contribution is -2.71. The van der Waals surface area contributed by atoms with Crippen LogP contribution in [0.1, 0.15) is 92.9 Å². The summed E-state index contributed by atoms with van der Waals surface area (Å²) in [5.74, 6) is 0.274. The normalized spacial score (nSPS) is 62.2. The molecule has 0 unspecified atom stereocenters. The number of hydrogen-bond donors (Lipinski definition) is 0. The molecule has 10 aliphatic rings. The second-order valence-electron chi connectivity index (χ2n) is 14.7. The molecule has 0 radical (unpaired) electrons. The summed E-state index contributed by atoms with van der Waals surface area (Å²) < 4.78 is 26.1. The van der Waals surface area contributed by atoms with Crippen molar-refractivity contribution in [2.24, 2.45) is 47.3 Å². The lowest BCUT2D eigenvalue weighted by molar-refractivity contribution is -0.603. The summed E-state index contributed by atoms with van der Waals surface area (Å²) >= 11 is 0. The smallest absolute Gasteiger partial charge is 0.201 e. The predicted molar refractivity (Wildman–Crippen MR) is 136 cm³/mol. The van der Waals surface area contributed by atoms with Gasteiger partial charge in [-0.25, -0.2) is 29.3 Å². The van der Waals surface area contributed by atoms with Crippen molar-refractivity contribution in [1.82, 2.24) is 0 Å². The van der Waals surface area contributed by atoms with Crippen LogP contribution < -0.4 is 0 Å². The van der Waals surface area contributed by atoms with E-state index < -0.39 is 47.9 Å². The molecule has 0 aromatic heterocycles. The molecular formula is C30H46O10. The minimum Gasteiger partial charge on any atom is -0.317 e. The first-order valence-corrected chi connectivity index (χ1v) is 15.8. The van der Waals surface area contributed by atoms with Crippen molar-refractivity contribution in [3.8, 4) is 0 Å². The molecule has 0 N–H and O–H groups in total. The van der Waals surface area contributed by atoms with Crippen LogP contribution in [0.2, 0.25) is 0 Å². The Morgan fingerprint density at radius 3 is 1.38 bits per heavy atom. The molecule has 226 valence electrons. The summed E-state index contributed by atoms with van der Waals surface area (Å²) in [6.07, 6.45) is 5.35. The standard InChI is InChI=1S/C30H46O10/c1-15-7-9-21-17(3)23(31-25-29(21)19(15)11-13-27(5,33-25)37-39-29)35-36-24-18(4)22-10-8-16(2)20-12-14-28(6)34-26(32-24)30(20,22)40-38-28/h15-26H,7-14H2,1-6H3/t15-,16-,17-,18-,19+,20+,21+,22+,23-,24-,25-,26-,27-,28-,29-,30-/m1/s1. The van der Waals surface area contributed by atoms with Gasteiger partial charge in [-0.1, -0.05) is 27.7 Å². The third-order valence-corrected chi connectivity index (χ3v) is 12.4. The highest BCUT2D eigenvalue weighted by molar-refractivity contribution is 5.10. The lowest BCUT2D eigenvalue weighted by Gasteiger charge is -2.60. The highest BCUT2D eigenvalue weighted by Gasteiger charge is 2.71. The summed E-state index contributed by atoms with van der Waals surface area (Å²) in [6, 6.07) is 0. The lowest BCUT2D eigenvalue weighted by atomic mass is 9.58. The summed E-state index contributed by atoms with van der Waals surface area (Å²) in [4.78, 5) is 36.8. The molecule has 10 nitrogen and oxygen atoms in total. The number of fused-ring (bicyclic) bond motifs is 4. The Morgan fingerprint density at radius 1 is 0.525 bits per heavy atom. The van der Waals surface area contributed by atoms with Crippen molar-refractivity contribution >= 4 is 0 Å². The monoisotopic (exact) mass is 566 g/mol. The third kappa shape index (κ3) is 3.58. The highest BCUT2D eigenvalue weighted by Crippen LogP contribution is 2.62. The van der Waals surface area contributed by atoms with Crippen molar-refractivity contribution in [3.63, 3.8) is 0 Å². The van der Waals surface area contributed by atoms with E-state index >= 15 is 0 Å². The van der Waals surface area contributed by atoms with Gasteiger partial charge in [0.15, 0.2) is 36.4 Å². The van der Waals surface area contributed by atoms with Crippen LogP contribution in [-0.4, -0.2) is 47.9 Å². The molecule has 4 bridgehead atoms. The quantitative estimate of drug-likeness (QED) is 0.329. The first kappa shape index (κ1) is 27.2. The van der Waals surface area contributed by atoms with E-state index in [-0.39, 0.29) is 23.7 Å². The zero-order valence-corrected chi connectivity index (χ0v) is 24.7. The molecule has 8 aliphatic heterocycles. The molecule has 8 heterocycles. The molecular weight excluding hydrogens is 520 g/mol. The number of ether oxygens (including phenoxy) is 4. The van der Waals surface area contributed by atoms with Crippen molar-refractivity contribution in [3.05, 3.63) is 0 Å². The van der Waals surface area contributed by atoms with Crippen molar-refractivity contribution in [2.75, 3.05) is 0 Å². The zero-order valence-electron chi connectivity index (χ0n) is 24.7. The highest BCUT2D eigenvalue weighted by atomic mass is 17.3. The van der Waals surface area contributed by atoms with E-state index in [4.69, 9.17) is 48.3 Å². The molecule has 10 rings (SSSR count). The van der Waals surface area contributed by atoms with Gasteiger partial charge in [-0.15, -0.1) is 0 Å². The fourth-order valence-electron chi connectivity index (χ4n) is 10.1. The predicted octanol–water partition coefficient (Wildman–Crippen LogP) is 5.35. The number of hydrogen-bond acceptors (Lipinski definition) is 10. The molecule has 8 saturated heterocycles. The fraction of sp³-hybridized carbons (Fsp3) is 1.00. The summed E-state index contributed by atoms with van der Waals surface area (Å²) in [5.41, 5.74) is -1.27. The average molecular weight is 567 g/mol. The molecule has 0 aromatic carbocycles. The summed E-state index contributed by atoms with van der Waals surface area (Å²) in [7, 11) is 0. The van der Waals surface area contributed by atoms with Crippen LogP contribution in [0.15, 0.2) is 0 Å². The van der Waals surface area contributed by atoms with Crippen LogP contribution in [0, 0.1) is 47.3 Å². The molecule has 0 amide bonds. The molecule has 2 aliphatic carbocycles. The van der Waals surface area contributed by atoms with Crippen molar-refractivity contribution in [2.45, 2.75) is 141 Å². The topological polar surface area (TPSA) is 92.3 Å². The molecule has 10 fully saturated rings. The average Bonchev–Trinajstić information content (AvgIpc) is 3.30. The minimum absolute atomic E-state index is 0.00634. The van der Waals surface area contributed by atoms with Crippen LogP contribution in [0.25, 0.3) is 0 Å².